The molecule has 23 heavy (non-hydrogen) atoms. The highest BCUT2D eigenvalue weighted by Crippen LogP contribution is 2.25. The summed E-state index contributed by atoms with van der Waals surface area (Å²) in [5.41, 5.74) is 0.537. The molecule has 2 aromatic rings. The number of anilines is 3. The Bertz CT molecular complexity index is 692. The Hall–Kier alpha value is -2.08. The summed E-state index contributed by atoms with van der Waals surface area (Å²) < 4.78 is 18.7. The minimum Gasteiger partial charge on any atom is -0.494 e. The van der Waals surface area contributed by atoms with E-state index < -0.39 is 5.82 Å². The van der Waals surface area contributed by atoms with Crippen molar-refractivity contribution in [1.29, 1.82) is 0 Å². The third-order valence-corrected chi connectivity index (χ3v) is 3.96. The largest absolute Gasteiger partial charge is 0.494 e. The van der Waals surface area contributed by atoms with E-state index in [1.807, 2.05) is 0 Å². The lowest BCUT2D eigenvalue weighted by Crippen LogP contribution is -2.30. The zero-order valence-corrected chi connectivity index (χ0v) is 13.6. The zero-order valence-electron chi connectivity index (χ0n) is 12.9. The predicted octanol–water partition coefficient (Wildman–Crippen LogP) is 4.01. The standard InChI is InChI=1S/C16H18ClFN4O/c1-23-13-6-5-11(9-12(13)18)19-16-20-14(17)10-15(21-16)22-7-3-2-4-8-22/h5-6,9-10H,2-4,7-8H2,1H3,(H,19,20,21). The minimum atomic E-state index is -0.448. The Labute approximate surface area is 139 Å². The molecule has 1 saturated heterocycles. The summed E-state index contributed by atoms with van der Waals surface area (Å²) in [7, 11) is 1.43. The average Bonchev–Trinajstić information content (AvgIpc) is 2.55. The van der Waals surface area contributed by atoms with Crippen LogP contribution in [0.5, 0.6) is 5.75 Å². The molecule has 0 saturated carbocycles. The summed E-state index contributed by atoms with van der Waals surface area (Å²) in [6.45, 7) is 1.92. The smallest absolute Gasteiger partial charge is 0.230 e. The number of nitrogens with one attached hydrogen (secondary N) is 1. The van der Waals surface area contributed by atoms with Crippen LogP contribution in [0, 0.1) is 5.82 Å². The van der Waals surface area contributed by atoms with Crippen molar-refractivity contribution < 1.29 is 9.13 Å². The second kappa shape index (κ2) is 7.00. The monoisotopic (exact) mass is 336 g/mol. The van der Waals surface area contributed by atoms with E-state index in [2.05, 4.69) is 20.2 Å². The quantitative estimate of drug-likeness (QED) is 0.855. The molecular formula is C16H18ClFN4O. The number of piperidine rings is 1. The first-order chi connectivity index (χ1) is 11.2. The van der Waals surface area contributed by atoms with E-state index in [1.165, 1.54) is 19.6 Å². The molecule has 1 N–H and O–H groups in total. The van der Waals surface area contributed by atoms with Gasteiger partial charge in [0.15, 0.2) is 11.6 Å². The molecule has 1 fully saturated rings. The molecule has 0 aliphatic carbocycles. The second-order valence-corrected chi connectivity index (χ2v) is 5.78. The normalized spacial score (nSPS) is 14.7. The third-order valence-electron chi connectivity index (χ3n) is 3.77. The molecule has 3 rings (SSSR count). The van der Waals surface area contributed by atoms with Crippen molar-refractivity contribution in [2.75, 3.05) is 30.4 Å². The number of rotatable bonds is 4. The van der Waals surface area contributed by atoms with E-state index in [9.17, 15) is 4.39 Å². The van der Waals surface area contributed by atoms with Gasteiger partial charge in [-0.25, -0.2) is 9.37 Å². The highest BCUT2D eigenvalue weighted by atomic mass is 35.5. The lowest BCUT2D eigenvalue weighted by Gasteiger charge is -2.27. The number of aromatic nitrogens is 2. The number of ether oxygens (including phenoxy) is 1. The van der Waals surface area contributed by atoms with Crippen molar-refractivity contribution in [3.05, 3.63) is 35.2 Å². The van der Waals surface area contributed by atoms with Gasteiger partial charge in [0.05, 0.1) is 7.11 Å². The van der Waals surface area contributed by atoms with Crippen molar-refractivity contribution in [2.45, 2.75) is 19.3 Å². The molecule has 1 aliphatic rings. The van der Waals surface area contributed by atoms with Crippen LogP contribution in [0.1, 0.15) is 19.3 Å². The molecule has 1 aliphatic heterocycles. The lowest BCUT2D eigenvalue weighted by molar-refractivity contribution is 0.386. The highest BCUT2D eigenvalue weighted by Gasteiger charge is 2.14. The maximum Gasteiger partial charge on any atom is 0.230 e. The SMILES string of the molecule is COc1ccc(Nc2nc(Cl)cc(N3CCCCC3)n2)cc1F. The second-order valence-electron chi connectivity index (χ2n) is 5.39. The van der Waals surface area contributed by atoms with Crippen molar-refractivity contribution in [3.63, 3.8) is 0 Å². The highest BCUT2D eigenvalue weighted by molar-refractivity contribution is 6.29. The van der Waals surface area contributed by atoms with Crippen LogP contribution in [0.4, 0.5) is 21.8 Å². The predicted molar refractivity (Wildman–Crippen MR) is 89.3 cm³/mol. The topological polar surface area (TPSA) is 50.3 Å². The van der Waals surface area contributed by atoms with E-state index in [1.54, 1.807) is 18.2 Å². The van der Waals surface area contributed by atoms with Crippen LogP contribution >= 0.6 is 11.6 Å². The fourth-order valence-corrected chi connectivity index (χ4v) is 2.80. The van der Waals surface area contributed by atoms with Crippen LogP contribution in [-0.4, -0.2) is 30.2 Å². The van der Waals surface area contributed by atoms with Crippen molar-refractivity contribution in [2.24, 2.45) is 0 Å². The van der Waals surface area contributed by atoms with Gasteiger partial charge in [0.25, 0.3) is 0 Å². The van der Waals surface area contributed by atoms with Gasteiger partial charge in [-0.3, -0.25) is 0 Å². The molecule has 7 heteroatoms. The van der Waals surface area contributed by atoms with E-state index in [0.29, 0.717) is 16.8 Å². The fraction of sp³-hybridized carbons (Fsp3) is 0.375. The van der Waals surface area contributed by atoms with Gasteiger partial charge in [0.2, 0.25) is 5.95 Å². The number of benzene rings is 1. The van der Waals surface area contributed by atoms with Gasteiger partial charge in [0, 0.05) is 30.9 Å². The van der Waals surface area contributed by atoms with Gasteiger partial charge in [-0.15, -0.1) is 0 Å². The minimum absolute atomic E-state index is 0.191. The first-order valence-electron chi connectivity index (χ1n) is 7.56. The Balaban J connectivity index is 1.82. The van der Waals surface area contributed by atoms with Gasteiger partial charge < -0.3 is 15.0 Å². The summed E-state index contributed by atoms with van der Waals surface area (Å²) >= 11 is 6.10. The van der Waals surface area contributed by atoms with E-state index in [-0.39, 0.29) is 5.75 Å². The summed E-state index contributed by atoms with van der Waals surface area (Å²) in [5.74, 6) is 0.885. The molecule has 2 heterocycles. The van der Waals surface area contributed by atoms with Crippen LogP contribution in [-0.2, 0) is 0 Å². The van der Waals surface area contributed by atoms with Crippen LogP contribution < -0.4 is 15.0 Å². The van der Waals surface area contributed by atoms with Gasteiger partial charge in [-0.05, 0) is 31.4 Å². The number of halogens is 2. The van der Waals surface area contributed by atoms with Gasteiger partial charge >= 0.3 is 0 Å². The van der Waals surface area contributed by atoms with Crippen LogP contribution in [0.3, 0.4) is 0 Å². The summed E-state index contributed by atoms with van der Waals surface area (Å²) in [6, 6.07) is 6.34. The molecule has 1 aromatic heterocycles. The first-order valence-corrected chi connectivity index (χ1v) is 7.93. The molecule has 0 radical (unpaired) electrons. The Kier molecular flexibility index (Phi) is 4.81. The van der Waals surface area contributed by atoms with Gasteiger partial charge in [-0.1, -0.05) is 11.6 Å². The molecular weight excluding hydrogens is 319 g/mol. The van der Waals surface area contributed by atoms with Crippen LogP contribution in [0.25, 0.3) is 0 Å². The van der Waals surface area contributed by atoms with Crippen molar-refractivity contribution in [3.8, 4) is 5.75 Å². The first kappa shape index (κ1) is 15.8. The third kappa shape index (κ3) is 3.82. The number of nitrogens with zero attached hydrogens (tertiary/aromatic N) is 3. The van der Waals surface area contributed by atoms with E-state index >= 15 is 0 Å². The number of hydrogen-bond acceptors (Lipinski definition) is 5. The maximum atomic E-state index is 13.8. The maximum absolute atomic E-state index is 13.8. The molecule has 0 atom stereocenters. The van der Waals surface area contributed by atoms with E-state index in [4.69, 9.17) is 16.3 Å². The summed E-state index contributed by atoms with van der Waals surface area (Å²) in [5, 5.41) is 3.35. The van der Waals surface area contributed by atoms with Gasteiger partial charge in [0.1, 0.15) is 11.0 Å². The van der Waals surface area contributed by atoms with Gasteiger partial charge in [-0.2, -0.15) is 4.98 Å². The van der Waals surface area contributed by atoms with E-state index in [0.717, 1.165) is 31.7 Å². The van der Waals surface area contributed by atoms with Crippen molar-refractivity contribution >= 4 is 29.1 Å². The molecule has 0 amide bonds. The molecule has 1 aromatic carbocycles. The molecule has 0 spiro atoms. The number of hydrogen-bond donors (Lipinski definition) is 1. The summed E-state index contributed by atoms with van der Waals surface area (Å²) in [4.78, 5) is 10.8. The zero-order chi connectivity index (χ0) is 16.2. The van der Waals surface area contributed by atoms with Crippen LogP contribution in [0.2, 0.25) is 5.15 Å². The fourth-order valence-electron chi connectivity index (χ4n) is 2.62. The van der Waals surface area contributed by atoms with Crippen molar-refractivity contribution in [1.82, 2.24) is 9.97 Å². The Morgan fingerprint density at radius 2 is 1.96 bits per heavy atom. The molecule has 122 valence electrons. The number of methoxy groups -OCH3 is 1. The average molecular weight is 337 g/mol. The molecule has 0 bridgehead atoms. The lowest BCUT2D eigenvalue weighted by atomic mass is 10.1. The Morgan fingerprint density at radius 1 is 1.17 bits per heavy atom. The Morgan fingerprint density at radius 3 is 2.65 bits per heavy atom. The molecule has 5 nitrogen and oxygen atoms in total. The summed E-state index contributed by atoms with van der Waals surface area (Å²) in [6.07, 6.45) is 3.54. The van der Waals surface area contributed by atoms with Crippen LogP contribution in [0.15, 0.2) is 24.3 Å². The molecule has 0 unspecified atom stereocenters.